The third kappa shape index (κ3) is 4.04. The molecule has 0 amide bonds. The number of nitrogens with zero attached hydrogens (tertiary/aromatic N) is 3. The van der Waals surface area contributed by atoms with Crippen LogP contribution in [-0.2, 0) is 23.4 Å². The number of halogens is 2. The van der Waals surface area contributed by atoms with Crippen molar-refractivity contribution in [2.75, 3.05) is 0 Å². The van der Waals surface area contributed by atoms with E-state index in [0.29, 0.717) is 12.8 Å². The van der Waals surface area contributed by atoms with E-state index in [2.05, 4.69) is 14.3 Å². The monoisotopic (exact) mass is 423 g/mol. The zero-order valence-corrected chi connectivity index (χ0v) is 15.5. The van der Waals surface area contributed by atoms with Gasteiger partial charge in [0, 0.05) is 18.1 Å². The molecule has 0 spiro atoms. The van der Waals surface area contributed by atoms with Crippen molar-refractivity contribution in [1.29, 1.82) is 0 Å². The number of phenolic OH excluding ortho intramolecular Hbond substituents is 1. The van der Waals surface area contributed by atoms with Crippen LogP contribution < -0.4 is 4.18 Å². The topological polar surface area (TPSA) is 135 Å². The van der Waals surface area contributed by atoms with E-state index in [4.69, 9.17) is 27.8 Å². The zero-order valence-electron chi connectivity index (χ0n) is 13.2. The molecule has 3 N–H and O–H groups in total. The Balaban J connectivity index is 2.01. The van der Waals surface area contributed by atoms with Gasteiger partial charge in [-0.25, -0.2) is 9.67 Å². The van der Waals surface area contributed by atoms with Crippen molar-refractivity contribution in [1.82, 2.24) is 14.8 Å². The van der Waals surface area contributed by atoms with Gasteiger partial charge in [0.25, 0.3) is 0 Å². The Hall–Kier alpha value is -1.59. The van der Waals surface area contributed by atoms with E-state index in [0.717, 1.165) is 12.1 Å². The average molecular weight is 424 g/mol. The SMILES string of the molecule is O=S(=O)(O)Oc1cc(O)cc(Cl)c1CC(O)(Cn1cncn1)C1(Cl)CC1. The molecule has 1 aliphatic rings. The molecule has 2 aromatic rings. The third-order valence-electron chi connectivity index (χ3n) is 4.22. The smallest absolute Gasteiger partial charge is 0.446 e. The molecule has 1 aromatic heterocycles. The van der Waals surface area contributed by atoms with Crippen molar-refractivity contribution >= 4 is 33.6 Å². The lowest BCUT2D eigenvalue weighted by Crippen LogP contribution is -2.47. The highest BCUT2D eigenvalue weighted by atomic mass is 35.5. The third-order valence-corrected chi connectivity index (χ3v) is 5.67. The Morgan fingerprint density at radius 2 is 2.08 bits per heavy atom. The summed E-state index contributed by atoms with van der Waals surface area (Å²) in [7, 11) is -4.87. The van der Waals surface area contributed by atoms with Crippen LogP contribution in [0, 0.1) is 0 Å². The minimum Gasteiger partial charge on any atom is -0.508 e. The first kappa shape index (κ1) is 19.2. The average Bonchev–Trinajstić information content (AvgIpc) is 3.05. The second-order valence-corrected chi connectivity index (χ2v) is 8.33. The van der Waals surface area contributed by atoms with Crippen LogP contribution >= 0.6 is 23.2 Å². The summed E-state index contributed by atoms with van der Waals surface area (Å²) < 4.78 is 37.1. The molecule has 0 bridgehead atoms. The molecule has 1 atom stereocenters. The van der Waals surface area contributed by atoms with Crippen molar-refractivity contribution in [3.05, 3.63) is 35.4 Å². The van der Waals surface area contributed by atoms with Gasteiger partial charge in [-0.15, -0.1) is 11.6 Å². The van der Waals surface area contributed by atoms with E-state index in [9.17, 15) is 18.6 Å². The van der Waals surface area contributed by atoms with Crippen molar-refractivity contribution in [2.24, 2.45) is 0 Å². The van der Waals surface area contributed by atoms with Crippen molar-refractivity contribution in [2.45, 2.75) is 36.3 Å². The number of hydrogen-bond acceptors (Lipinski definition) is 7. The molecule has 0 radical (unpaired) electrons. The summed E-state index contributed by atoms with van der Waals surface area (Å²) in [4.78, 5) is 2.85. The fraction of sp³-hybridized carbons (Fsp3) is 0.429. The number of hydrogen-bond donors (Lipinski definition) is 3. The first-order valence-electron chi connectivity index (χ1n) is 7.43. The molecule has 0 saturated heterocycles. The molecule has 0 aliphatic heterocycles. The van der Waals surface area contributed by atoms with E-state index < -0.39 is 26.6 Å². The summed E-state index contributed by atoms with van der Waals surface area (Å²) in [6.45, 7) is -0.0287. The number of alkyl halides is 1. The summed E-state index contributed by atoms with van der Waals surface area (Å²) in [6, 6.07) is 2.14. The van der Waals surface area contributed by atoms with E-state index in [-0.39, 0.29) is 29.3 Å². The van der Waals surface area contributed by atoms with Crippen LogP contribution in [-0.4, -0.2) is 48.4 Å². The molecule has 1 aromatic carbocycles. The molecular weight excluding hydrogens is 409 g/mol. The van der Waals surface area contributed by atoms with Crippen LogP contribution in [0.15, 0.2) is 24.8 Å². The fourth-order valence-corrected chi connectivity index (χ4v) is 3.63. The highest BCUT2D eigenvalue weighted by molar-refractivity contribution is 7.81. The van der Waals surface area contributed by atoms with Crippen LogP contribution in [0.5, 0.6) is 11.5 Å². The number of phenols is 1. The summed E-state index contributed by atoms with van der Waals surface area (Å²) in [6.07, 6.45) is 3.56. The van der Waals surface area contributed by atoms with Gasteiger partial charge in [-0.05, 0) is 18.9 Å². The summed E-state index contributed by atoms with van der Waals surface area (Å²) in [5.41, 5.74) is -1.50. The Kier molecular flexibility index (Phi) is 4.82. The largest absolute Gasteiger partial charge is 0.508 e. The van der Waals surface area contributed by atoms with Gasteiger partial charge < -0.3 is 14.4 Å². The van der Waals surface area contributed by atoms with Gasteiger partial charge >= 0.3 is 10.4 Å². The lowest BCUT2D eigenvalue weighted by molar-refractivity contribution is 0.00731. The number of rotatable bonds is 7. The molecule has 3 rings (SSSR count). The lowest BCUT2D eigenvalue weighted by Gasteiger charge is -2.33. The summed E-state index contributed by atoms with van der Waals surface area (Å²) >= 11 is 12.6. The highest BCUT2D eigenvalue weighted by Crippen LogP contribution is 2.53. The number of benzene rings is 1. The Morgan fingerprint density at radius 3 is 2.62 bits per heavy atom. The van der Waals surface area contributed by atoms with Crippen molar-refractivity contribution in [3.8, 4) is 11.5 Å². The molecule has 142 valence electrons. The second-order valence-electron chi connectivity index (χ2n) is 6.18. The van der Waals surface area contributed by atoms with Crippen LogP contribution in [0.3, 0.4) is 0 Å². The van der Waals surface area contributed by atoms with Gasteiger partial charge in [0.1, 0.15) is 24.0 Å². The van der Waals surface area contributed by atoms with Crippen molar-refractivity contribution < 1.29 is 27.4 Å². The van der Waals surface area contributed by atoms with Gasteiger partial charge in [0.05, 0.1) is 16.4 Å². The van der Waals surface area contributed by atoms with Gasteiger partial charge in [0.15, 0.2) is 5.75 Å². The zero-order chi connectivity index (χ0) is 19.2. The minimum absolute atomic E-state index is 0.0287. The molecule has 1 saturated carbocycles. The molecule has 1 heterocycles. The van der Waals surface area contributed by atoms with Gasteiger partial charge in [-0.2, -0.15) is 13.5 Å². The Labute approximate surface area is 159 Å². The predicted octanol–water partition coefficient (Wildman–Crippen LogP) is 1.56. The first-order valence-corrected chi connectivity index (χ1v) is 9.55. The van der Waals surface area contributed by atoms with Crippen LogP contribution in [0.1, 0.15) is 18.4 Å². The van der Waals surface area contributed by atoms with Crippen LogP contribution in [0.2, 0.25) is 5.02 Å². The molecule has 1 fully saturated rings. The quantitative estimate of drug-likeness (QED) is 0.450. The second kappa shape index (κ2) is 6.54. The Morgan fingerprint density at radius 1 is 1.38 bits per heavy atom. The van der Waals surface area contributed by atoms with Gasteiger partial charge in [-0.1, -0.05) is 11.6 Å². The maximum Gasteiger partial charge on any atom is 0.446 e. The Bertz CT molecular complexity index is 917. The first-order chi connectivity index (χ1) is 12.0. The molecule has 1 aliphatic carbocycles. The van der Waals surface area contributed by atoms with Gasteiger partial charge in [-0.3, -0.25) is 4.55 Å². The molecule has 12 heteroatoms. The van der Waals surface area contributed by atoms with E-state index in [1.165, 1.54) is 17.3 Å². The minimum atomic E-state index is -4.87. The normalized spacial score (nSPS) is 18.3. The predicted molar refractivity (Wildman–Crippen MR) is 91.8 cm³/mol. The molecule has 9 nitrogen and oxygen atoms in total. The molecule has 26 heavy (non-hydrogen) atoms. The summed E-state index contributed by atoms with van der Waals surface area (Å²) in [5.74, 6) is -0.778. The lowest BCUT2D eigenvalue weighted by atomic mass is 9.88. The maximum absolute atomic E-state index is 11.2. The van der Waals surface area contributed by atoms with E-state index in [1.54, 1.807) is 0 Å². The van der Waals surface area contributed by atoms with Crippen molar-refractivity contribution in [3.63, 3.8) is 0 Å². The molecular formula is C14H15Cl2N3O6S. The standard InChI is InChI=1S/C14H15Cl2N3O6S/c15-11-3-9(20)4-12(25-26(22,23)24)10(11)5-14(21,13(16)1-2-13)6-19-8-17-7-18-19/h3-4,7-8,20-21H,1-2,5-6H2,(H,22,23,24). The van der Waals surface area contributed by atoms with E-state index >= 15 is 0 Å². The molecule has 1 unspecified atom stereocenters. The number of aromatic hydroxyl groups is 1. The van der Waals surface area contributed by atoms with Crippen LogP contribution in [0.4, 0.5) is 0 Å². The highest BCUT2D eigenvalue weighted by Gasteiger charge is 2.58. The number of aromatic nitrogens is 3. The summed E-state index contributed by atoms with van der Waals surface area (Å²) in [5, 5.41) is 24.8. The van der Waals surface area contributed by atoms with Gasteiger partial charge in [0.2, 0.25) is 0 Å². The van der Waals surface area contributed by atoms with E-state index in [1.807, 2.05) is 0 Å². The fourth-order valence-electron chi connectivity index (χ4n) is 2.76. The maximum atomic E-state index is 11.2. The number of aliphatic hydroxyl groups is 1. The van der Waals surface area contributed by atoms with Crippen LogP contribution in [0.25, 0.3) is 0 Å².